The summed E-state index contributed by atoms with van der Waals surface area (Å²) >= 11 is 9.26. The van der Waals surface area contributed by atoms with Gasteiger partial charge in [-0.25, -0.2) is 9.69 Å². The molecule has 2 unspecified atom stereocenters. The van der Waals surface area contributed by atoms with Crippen LogP contribution in [0, 0.1) is 0 Å². The van der Waals surface area contributed by atoms with E-state index in [1.54, 1.807) is 60.6 Å². The number of fused-ring (bicyclic) bond motifs is 1. The van der Waals surface area contributed by atoms with Crippen LogP contribution in [0.3, 0.4) is 0 Å². The number of hydrogen-bond acceptors (Lipinski definition) is 4. The fraction of sp³-hybridized carbons (Fsp3) is 0.150. The van der Waals surface area contributed by atoms with Crippen LogP contribution in [-0.4, -0.2) is 41.9 Å². The molecule has 4 amide bonds. The summed E-state index contributed by atoms with van der Waals surface area (Å²) in [7, 11) is 1.70. The predicted molar refractivity (Wildman–Crippen MR) is 114 cm³/mol. The summed E-state index contributed by atoms with van der Waals surface area (Å²) in [5, 5.41) is 6.09. The molecular weight excluding hydrogens is 460 g/mol. The topological polar surface area (TPSA) is 81.8 Å². The molecule has 1 saturated heterocycles. The van der Waals surface area contributed by atoms with E-state index in [2.05, 4.69) is 26.6 Å². The third-order valence-electron chi connectivity index (χ3n) is 4.82. The molecule has 2 atom stereocenters. The summed E-state index contributed by atoms with van der Waals surface area (Å²) in [4.78, 5) is 41.3. The summed E-state index contributed by atoms with van der Waals surface area (Å²) in [6, 6.07) is 11.5. The SMILES string of the molecule is CN1C=C(C(=O)Nc2cccc(Br)c2)C2NC(=O)N(c3ccc(Cl)cc3)C(=O)C21. The molecule has 0 aliphatic carbocycles. The maximum absolute atomic E-state index is 13.1. The van der Waals surface area contributed by atoms with Crippen LogP contribution in [-0.2, 0) is 9.59 Å². The number of benzene rings is 2. The van der Waals surface area contributed by atoms with Gasteiger partial charge in [0.2, 0.25) is 0 Å². The average Bonchev–Trinajstić information content (AvgIpc) is 3.00. The maximum Gasteiger partial charge on any atom is 0.329 e. The standard InChI is InChI=1S/C20H16BrClN4O3/c1-25-10-15(18(27)23-13-4-2-3-11(21)9-13)16-17(25)19(28)26(20(29)24-16)14-7-5-12(22)6-8-14/h2-10,16-17H,1H3,(H,23,27)(H,24,29). The Labute approximate surface area is 180 Å². The van der Waals surface area contributed by atoms with E-state index in [4.69, 9.17) is 11.6 Å². The van der Waals surface area contributed by atoms with Crippen molar-refractivity contribution in [3.8, 4) is 0 Å². The van der Waals surface area contributed by atoms with Gasteiger partial charge >= 0.3 is 6.03 Å². The Balaban J connectivity index is 1.57. The van der Waals surface area contributed by atoms with Crippen LogP contribution in [0.25, 0.3) is 0 Å². The molecule has 0 bridgehead atoms. The van der Waals surface area contributed by atoms with Gasteiger partial charge in [-0.1, -0.05) is 33.6 Å². The van der Waals surface area contributed by atoms with Crippen LogP contribution >= 0.6 is 27.5 Å². The lowest BCUT2D eigenvalue weighted by Gasteiger charge is -2.37. The average molecular weight is 476 g/mol. The maximum atomic E-state index is 13.1. The fourth-order valence-electron chi connectivity index (χ4n) is 3.49. The lowest BCUT2D eigenvalue weighted by atomic mass is 9.99. The van der Waals surface area contributed by atoms with Crippen LogP contribution in [0.5, 0.6) is 0 Å². The summed E-state index contributed by atoms with van der Waals surface area (Å²) in [6.07, 6.45) is 1.59. The normalized spacial score (nSPS) is 20.9. The largest absolute Gasteiger partial charge is 0.366 e. The van der Waals surface area contributed by atoms with Crippen LogP contribution in [0.2, 0.25) is 5.02 Å². The second kappa shape index (κ2) is 7.53. The van der Waals surface area contributed by atoms with E-state index in [1.165, 1.54) is 0 Å². The molecule has 9 heteroatoms. The van der Waals surface area contributed by atoms with E-state index in [0.29, 0.717) is 22.0 Å². The first-order valence-corrected chi connectivity index (χ1v) is 9.93. The number of amides is 4. The Hall–Kier alpha value is -2.84. The van der Waals surface area contributed by atoms with Crippen LogP contribution < -0.4 is 15.5 Å². The van der Waals surface area contributed by atoms with Gasteiger partial charge in [0.1, 0.15) is 6.04 Å². The minimum absolute atomic E-state index is 0.315. The van der Waals surface area contributed by atoms with E-state index in [9.17, 15) is 14.4 Å². The number of likely N-dealkylation sites (N-methyl/N-ethyl adjacent to an activating group) is 1. The number of anilines is 2. The molecule has 0 spiro atoms. The van der Waals surface area contributed by atoms with Gasteiger partial charge in [-0.3, -0.25) is 9.59 Å². The Kier molecular flexibility index (Phi) is 5.06. The molecule has 2 aromatic carbocycles. The van der Waals surface area contributed by atoms with Gasteiger partial charge in [0, 0.05) is 28.4 Å². The molecule has 2 aromatic rings. The van der Waals surface area contributed by atoms with E-state index in [-0.39, 0.29) is 5.91 Å². The predicted octanol–water partition coefficient (Wildman–Crippen LogP) is 3.36. The van der Waals surface area contributed by atoms with Crippen molar-refractivity contribution in [1.82, 2.24) is 10.2 Å². The van der Waals surface area contributed by atoms with Crippen molar-refractivity contribution in [2.24, 2.45) is 0 Å². The highest BCUT2D eigenvalue weighted by atomic mass is 79.9. The molecule has 0 aromatic heterocycles. The number of nitrogens with zero attached hydrogens (tertiary/aromatic N) is 2. The van der Waals surface area contributed by atoms with Gasteiger partial charge in [0.05, 0.1) is 17.3 Å². The van der Waals surface area contributed by atoms with Gasteiger partial charge in [-0.05, 0) is 42.5 Å². The van der Waals surface area contributed by atoms with Gasteiger partial charge < -0.3 is 15.5 Å². The molecule has 2 heterocycles. The second-order valence-electron chi connectivity index (χ2n) is 6.74. The lowest BCUT2D eigenvalue weighted by Crippen LogP contribution is -2.65. The molecule has 4 rings (SSSR count). The molecule has 148 valence electrons. The Morgan fingerprint density at radius 3 is 2.59 bits per heavy atom. The molecule has 29 heavy (non-hydrogen) atoms. The smallest absolute Gasteiger partial charge is 0.329 e. The number of carbonyl (C=O) groups excluding carboxylic acids is 3. The van der Waals surface area contributed by atoms with Gasteiger partial charge in [-0.2, -0.15) is 0 Å². The summed E-state index contributed by atoms with van der Waals surface area (Å²) in [5.74, 6) is -0.791. The number of rotatable bonds is 3. The quantitative estimate of drug-likeness (QED) is 0.713. The molecule has 2 N–H and O–H groups in total. The van der Waals surface area contributed by atoms with Crippen molar-refractivity contribution in [3.63, 3.8) is 0 Å². The first-order chi connectivity index (χ1) is 13.8. The summed E-state index contributed by atoms with van der Waals surface area (Å²) in [6.45, 7) is 0. The van der Waals surface area contributed by atoms with Crippen LogP contribution in [0.4, 0.5) is 16.2 Å². The Morgan fingerprint density at radius 1 is 1.17 bits per heavy atom. The van der Waals surface area contributed by atoms with Crippen LogP contribution in [0.15, 0.2) is 64.8 Å². The molecule has 0 radical (unpaired) electrons. The highest BCUT2D eigenvalue weighted by Crippen LogP contribution is 2.30. The fourth-order valence-corrected chi connectivity index (χ4v) is 4.02. The Bertz CT molecular complexity index is 1040. The lowest BCUT2D eigenvalue weighted by molar-refractivity contribution is -0.122. The second-order valence-corrected chi connectivity index (χ2v) is 8.09. The van der Waals surface area contributed by atoms with Gasteiger partial charge in [0.15, 0.2) is 0 Å². The summed E-state index contributed by atoms with van der Waals surface area (Å²) < 4.78 is 0.824. The van der Waals surface area contributed by atoms with E-state index in [1.807, 2.05) is 6.07 Å². The molecule has 2 aliphatic rings. The number of imide groups is 1. The van der Waals surface area contributed by atoms with E-state index >= 15 is 0 Å². The number of halogens is 2. The molecule has 1 fully saturated rings. The number of carbonyl (C=O) groups is 3. The van der Waals surface area contributed by atoms with Crippen molar-refractivity contribution in [1.29, 1.82) is 0 Å². The number of urea groups is 1. The zero-order valence-corrected chi connectivity index (χ0v) is 17.6. The minimum Gasteiger partial charge on any atom is -0.366 e. The number of hydrogen-bond donors (Lipinski definition) is 2. The number of nitrogens with one attached hydrogen (secondary N) is 2. The Morgan fingerprint density at radius 2 is 1.90 bits per heavy atom. The van der Waals surface area contributed by atoms with Crippen molar-refractivity contribution in [2.75, 3.05) is 17.3 Å². The van der Waals surface area contributed by atoms with Gasteiger partial charge in [-0.15, -0.1) is 0 Å². The molecular formula is C20H16BrClN4O3. The van der Waals surface area contributed by atoms with Crippen molar-refractivity contribution in [3.05, 3.63) is 69.8 Å². The van der Waals surface area contributed by atoms with Gasteiger partial charge in [0.25, 0.3) is 11.8 Å². The van der Waals surface area contributed by atoms with E-state index in [0.717, 1.165) is 9.37 Å². The molecule has 7 nitrogen and oxygen atoms in total. The van der Waals surface area contributed by atoms with Crippen molar-refractivity contribution in [2.45, 2.75) is 12.1 Å². The third-order valence-corrected chi connectivity index (χ3v) is 5.56. The molecule has 2 aliphatic heterocycles. The van der Waals surface area contributed by atoms with Crippen molar-refractivity contribution < 1.29 is 14.4 Å². The monoisotopic (exact) mass is 474 g/mol. The first-order valence-electron chi connectivity index (χ1n) is 8.76. The highest BCUT2D eigenvalue weighted by Gasteiger charge is 2.49. The highest BCUT2D eigenvalue weighted by molar-refractivity contribution is 9.10. The van der Waals surface area contributed by atoms with E-state index < -0.39 is 24.0 Å². The minimum atomic E-state index is -0.740. The first kappa shape index (κ1) is 19.5. The summed E-state index contributed by atoms with van der Waals surface area (Å²) in [5.41, 5.74) is 1.33. The van der Waals surface area contributed by atoms with Crippen LogP contribution in [0.1, 0.15) is 0 Å². The zero-order chi connectivity index (χ0) is 20.7. The van der Waals surface area contributed by atoms with Crippen molar-refractivity contribution >= 4 is 56.8 Å². The third kappa shape index (κ3) is 3.61. The molecule has 0 saturated carbocycles. The zero-order valence-electron chi connectivity index (χ0n) is 15.2.